The van der Waals surface area contributed by atoms with Gasteiger partial charge in [-0.15, -0.1) is 0 Å². The van der Waals surface area contributed by atoms with Gasteiger partial charge in [-0.25, -0.2) is 0 Å². The van der Waals surface area contributed by atoms with Crippen LogP contribution >= 0.6 is 0 Å². The maximum atomic E-state index is 9.87. The molecule has 0 aromatic carbocycles. The SMILES string of the molecule is CC1COCCCN1[C@@H]1CCC[C@H]1O. The first-order valence-electron chi connectivity index (χ1n) is 5.80. The summed E-state index contributed by atoms with van der Waals surface area (Å²) in [6.07, 6.45) is 4.32. The Hall–Kier alpha value is -0.120. The molecule has 1 aliphatic heterocycles. The van der Waals surface area contributed by atoms with Crippen molar-refractivity contribution in [3.8, 4) is 0 Å². The van der Waals surface area contributed by atoms with Gasteiger partial charge < -0.3 is 9.84 Å². The lowest BCUT2D eigenvalue weighted by Crippen LogP contribution is -2.46. The molecule has 3 atom stereocenters. The zero-order chi connectivity index (χ0) is 9.97. The molecule has 0 aromatic rings. The summed E-state index contributed by atoms with van der Waals surface area (Å²) in [7, 11) is 0. The van der Waals surface area contributed by atoms with Gasteiger partial charge in [-0.05, 0) is 32.6 Å². The van der Waals surface area contributed by atoms with Crippen LogP contribution in [0.2, 0.25) is 0 Å². The summed E-state index contributed by atoms with van der Waals surface area (Å²) < 4.78 is 5.51. The first kappa shape index (κ1) is 10.4. The van der Waals surface area contributed by atoms with Crippen molar-refractivity contribution >= 4 is 0 Å². The summed E-state index contributed by atoms with van der Waals surface area (Å²) in [6.45, 7) is 4.99. The highest BCUT2D eigenvalue weighted by Gasteiger charge is 2.33. The monoisotopic (exact) mass is 199 g/mol. The Morgan fingerprint density at radius 3 is 2.86 bits per heavy atom. The molecule has 2 aliphatic rings. The molecule has 3 heteroatoms. The van der Waals surface area contributed by atoms with Crippen LogP contribution in [0.25, 0.3) is 0 Å². The summed E-state index contributed by atoms with van der Waals surface area (Å²) in [5.74, 6) is 0. The third kappa shape index (κ3) is 2.10. The fourth-order valence-electron chi connectivity index (χ4n) is 2.72. The zero-order valence-electron chi connectivity index (χ0n) is 8.98. The smallest absolute Gasteiger partial charge is 0.0695 e. The maximum Gasteiger partial charge on any atom is 0.0695 e. The number of ether oxygens (including phenoxy) is 1. The quantitative estimate of drug-likeness (QED) is 0.684. The van der Waals surface area contributed by atoms with Gasteiger partial charge in [0.2, 0.25) is 0 Å². The van der Waals surface area contributed by atoms with Crippen molar-refractivity contribution < 1.29 is 9.84 Å². The van der Waals surface area contributed by atoms with Crippen LogP contribution in [-0.2, 0) is 4.74 Å². The van der Waals surface area contributed by atoms with E-state index in [0.717, 1.165) is 39.0 Å². The molecule has 1 heterocycles. The van der Waals surface area contributed by atoms with E-state index in [4.69, 9.17) is 4.74 Å². The van der Waals surface area contributed by atoms with Gasteiger partial charge in [0.25, 0.3) is 0 Å². The number of aliphatic hydroxyl groups excluding tert-OH is 1. The van der Waals surface area contributed by atoms with Crippen LogP contribution in [0.15, 0.2) is 0 Å². The largest absolute Gasteiger partial charge is 0.391 e. The molecule has 0 bridgehead atoms. The topological polar surface area (TPSA) is 32.7 Å². The molecule has 1 saturated heterocycles. The summed E-state index contributed by atoms with van der Waals surface area (Å²) in [5.41, 5.74) is 0. The highest BCUT2D eigenvalue weighted by Crippen LogP contribution is 2.26. The minimum Gasteiger partial charge on any atom is -0.391 e. The number of nitrogens with zero attached hydrogens (tertiary/aromatic N) is 1. The maximum absolute atomic E-state index is 9.87. The lowest BCUT2D eigenvalue weighted by molar-refractivity contribution is 0.0358. The molecule has 0 spiro atoms. The van der Waals surface area contributed by atoms with E-state index in [-0.39, 0.29) is 6.10 Å². The van der Waals surface area contributed by atoms with Gasteiger partial charge in [0.05, 0.1) is 12.7 Å². The number of rotatable bonds is 1. The predicted octanol–water partition coefficient (Wildman–Crippen LogP) is 1.01. The van der Waals surface area contributed by atoms with Gasteiger partial charge in [0.15, 0.2) is 0 Å². The van der Waals surface area contributed by atoms with Gasteiger partial charge in [-0.2, -0.15) is 0 Å². The van der Waals surface area contributed by atoms with Crippen molar-refractivity contribution in [1.29, 1.82) is 0 Å². The van der Waals surface area contributed by atoms with E-state index in [9.17, 15) is 5.11 Å². The summed E-state index contributed by atoms with van der Waals surface area (Å²) in [4.78, 5) is 2.45. The molecule has 2 fully saturated rings. The van der Waals surface area contributed by atoms with Crippen molar-refractivity contribution in [2.45, 2.75) is 50.8 Å². The first-order chi connectivity index (χ1) is 6.79. The van der Waals surface area contributed by atoms with Gasteiger partial charge in [-0.1, -0.05) is 0 Å². The van der Waals surface area contributed by atoms with Crippen LogP contribution in [0.5, 0.6) is 0 Å². The fourth-order valence-corrected chi connectivity index (χ4v) is 2.72. The molecule has 1 saturated carbocycles. The average Bonchev–Trinajstić information content (AvgIpc) is 2.46. The van der Waals surface area contributed by atoms with Crippen LogP contribution in [0.3, 0.4) is 0 Å². The van der Waals surface area contributed by atoms with Crippen molar-refractivity contribution in [3.63, 3.8) is 0 Å². The van der Waals surface area contributed by atoms with Gasteiger partial charge in [0.1, 0.15) is 0 Å². The van der Waals surface area contributed by atoms with Crippen LogP contribution < -0.4 is 0 Å². The molecular weight excluding hydrogens is 178 g/mol. The molecule has 0 aromatic heterocycles. The van der Waals surface area contributed by atoms with Crippen LogP contribution in [0.4, 0.5) is 0 Å². The molecule has 0 amide bonds. The van der Waals surface area contributed by atoms with Crippen molar-refractivity contribution in [3.05, 3.63) is 0 Å². The Morgan fingerprint density at radius 2 is 2.14 bits per heavy atom. The van der Waals surface area contributed by atoms with E-state index in [1.165, 1.54) is 6.42 Å². The molecule has 1 aliphatic carbocycles. The molecule has 14 heavy (non-hydrogen) atoms. The Balaban J connectivity index is 1.99. The standard InChI is InChI=1S/C11H21NO2/c1-9-8-14-7-3-6-12(9)10-4-2-5-11(10)13/h9-11,13H,2-8H2,1H3/t9?,10-,11-/m1/s1. The van der Waals surface area contributed by atoms with Crippen LogP contribution in [-0.4, -0.2) is 48.0 Å². The van der Waals surface area contributed by atoms with E-state index < -0.39 is 0 Å². The zero-order valence-corrected chi connectivity index (χ0v) is 8.98. The molecule has 1 unspecified atom stereocenters. The first-order valence-corrected chi connectivity index (χ1v) is 5.80. The Bertz CT molecular complexity index is 186. The second kappa shape index (κ2) is 4.60. The van der Waals surface area contributed by atoms with Crippen molar-refractivity contribution in [2.75, 3.05) is 19.8 Å². The van der Waals surface area contributed by atoms with E-state index in [0.29, 0.717) is 12.1 Å². The van der Waals surface area contributed by atoms with E-state index in [1.54, 1.807) is 0 Å². The van der Waals surface area contributed by atoms with Crippen LogP contribution in [0, 0.1) is 0 Å². The van der Waals surface area contributed by atoms with Gasteiger partial charge in [0, 0.05) is 25.2 Å². The molecule has 3 nitrogen and oxygen atoms in total. The van der Waals surface area contributed by atoms with Crippen molar-refractivity contribution in [2.24, 2.45) is 0 Å². The average molecular weight is 199 g/mol. The molecule has 0 radical (unpaired) electrons. The van der Waals surface area contributed by atoms with E-state index >= 15 is 0 Å². The Morgan fingerprint density at radius 1 is 1.29 bits per heavy atom. The second-order valence-corrected chi connectivity index (χ2v) is 4.58. The van der Waals surface area contributed by atoms with Gasteiger partial charge in [-0.3, -0.25) is 4.90 Å². The Kier molecular flexibility index (Phi) is 3.42. The minimum atomic E-state index is -0.101. The lowest BCUT2D eigenvalue weighted by atomic mass is 10.1. The third-order valence-electron chi connectivity index (χ3n) is 3.50. The van der Waals surface area contributed by atoms with Gasteiger partial charge >= 0.3 is 0 Å². The highest BCUT2D eigenvalue weighted by molar-refractivity contribution is 4.88. The number of hydrogen-bond acceptors (Lipinski definition) is 3. The van der Waals surface area contributed by atoms with E-state index in [2.05, 4.69) is 11.8 Å². The normalized spacial score (nSPS) is 41.1. The number of aliphatic hydroxyl groups is 1. The molecular formula is C11H21NO2. The summed E-state index contributed by atoms with van der Waals surface area (Å²) >= 11 is 0. The fraction of sp³-hybridized carbons (Fsp3) is 1.00. The minimum absolute atomic E-state index is 0.101. The third-order valence-corrected chi connectivity index (χ3v) is 3.50. The second-order valence-electron chi connectivity index (χ2n) is 4.58. The predicted molar refractivity (Wildman–Crippen MR) is 55.2 cm³/mol. The molecule has 82 valence electrons. The molecule has 1 N–H and O–H groups in total. The Labute approximate surface area is 86.0 Å². The van der Waals surface area contributed by atoms with E-state index in [1.807, 2.05) is 0 Å². The lowest BCUT2D eigenvalue weighted by Gasteiger charge is -2.34. The van der Waals surface area contributed by atoms with Crippen LogP contribution in [0.1, 0.15) is 32.6 Å². The summed E-state index contributed by atoms with van der Waals surface area (Å²) in [5, 5.41) is 9.87. The number of hydrogen-bond donors (Lipinski definition) is 1. The van der Waals surface area contributed by atoms with Crippen molar-refractivity contribution in [1.82, 2.24) is 4.90 Å². The molecule has 2 rings (SSSR count). The summed E-state index contributed by atoms with van der Waals surface area (Å²) in [6, 6.07) is 0.863. The highest BCUT2D eigenvalue weighted by atomic mass is 16.5.